The van der Waals surface area contributed by atoms with E-state index in [4.69, 9.17) is 9.47 Å². The Morgan fingerprint density at radius 3 is 2.41 bits per heavy atom. The van der Waals surface area contributed by atoms with Gasteiger partial charge in [0.05, 0.1) is 18.6 Å². The van der Waals surface area contributed by atoms with Gasteiger partial charge >= 0.3 is 0 Å². The first-order chi connectivity index (χ1) is 13.9. The van der Waals surface area contributed by atoms with Crippen LogP contribution in [0.1, 0.15) is 85.0 Å². The van der Waals surface area contributed by atoms with E-state index in [2.05, 4.69) is 39.0 Å². The first-order valence-corrected chi connectivity index (χ1v) is 12.0. The van der Waals surface area contributed by atoms with Gasteiger partial charge in [0.1, 0.15) is 5.78 Å². The van der Waals surface area contributed by atoms with Crippen molar-refractivity contribution in [2.45, 2.75) is 90.8 Å². The molecular formula is C26H38O3. The number of fused-ring (bicyclic) bond motifs is 4. The molecule has 3 fully saturated rings. The molecule has 0 N–H and O–H groups in total. The molecule has 0 bridgehead atoms. The first kappa shape index (κ1) is 20.0. The largest absolute Gasteiger partial charge is 0.347 e. The number of ether oxygens (including phenoxy) is 2. The van der Waals surface area contributed by atoms with Gasteiger partial charge in [-0.05, 0) is 68.6 Å². The van der Waals surface area contributed by atoms with E-state index in [9.17, 15) is 4.79 Å². The highest BCUT2D eigenvalue weighted by Crippen LogP contribution is 2.63. The lowest BCUT2D eigenvalue weighted by Crippen LogP contribution is -2.49. The monoisotopic (exact) mass is 398 g/mol. The van der Waals surface area contributed by atoms with Crippen LogP contribution in [0.3, 0.4) is 0 Å². The van der Waals surface area contributed by atoms with Gasteiger partial charge in [0, 0.05) is 18.3 Å². The summed E-state index contributed by atoms with van der Waals surface area (Å²) in [5, 5.41) is 0. The molecule has 4 atom stereocenters. The Morgan fingerprint density at radius 2 is 1.69 bits per heavy atom. The van der Waals surface area contributed by atoms with Crippen molar-refractivity contribution in [3.8, 4) is 0 Å². The summed E-state index contributed by atoms with van der Waals surface area (Å²) in [6, 6.07) is 0. The molecule has 29 heavy (non-hydrogen) atoms. The van der Waals surface area contributed by atoms with Gasteiger partial charge in [-0.3, -0.25) is 4.79 Å². The summed E-state index contributed by atoms with van der Waals surface area (Å²) in [7, 11) is 0. The smallest absolute Gasteiger partial charge is 0.174 e. The van der Waals surface area contributed by atoms with E-state index in [1.54, 1.807) is 0 Å². The third-order valence-electron chi connectivity index (χ3n) is 10.0. The fourth-order valence-electron chi connectivity index (χ4n) is 7.81. The topological polar surface area (TPSA) is 35.5 Å². The van der Waals surface area contributed by atoms with E-state index >= 15 is 0 Å². The van der Waals surface area contributed by atoms with Crippen LogP contribution in [0, 0.1) is 28.1 Å². The van der Waals surface area contributed by atoms with Gasteiger partial charge in [0.15, 0.2) is 5.79 Å². The minimum Gasteiger partial charge on any atom is -0.347 e. The number of allylic oxidation sites excluding steroid dienone is 4. The van der Waals surface area contributed by atoms with Crippen molar-refractivity contribution in [1.82, 2.24) is 0 Å². The standard InChI is InChI=1S/C26H38O3/c1-19-9-15-24(3)20(10-16-26(24)28-17-18-29-26)7-6-8-21-23(19,2)14-11-22(27)25(21)12-4-5-13-25/h4-5,8,19-20H,6-7,9-18H2,1-3H3/b21-8+/t19-,20-,23-,24+/m1/s1. The maximum atomic E-state index is 13.2. The molecule has 4 aliphatic carbocycles. The fraction of sp³-hybridized carbons (Fsp3) is 0.808. The molecule has 2 spiro atoms. The SMILES string of the molecule is C[C@@H]1CC[C@@]2(C)[C@H](CC/C=C3/C4(CC=CC4)C(=O)CC[C@@]31C)CCC21OCCO1. The van der Waals surface area contributed by atoms with Crippen LogP contribution in [0.15, 0.2) is 23.8 Å². The molecule has 160 valence electrons. The molecule has 5 aliphatic rings. The molecule has 0 radical (unpaired) electrons. The van der Waals surface area contributed by atoms with Crippen molar-refractivity contribution < 1.29 is 14.3 Å². The molecule has 0 aromatic heterocycles. The minimum absolute atomic E-state index is 0.108. The Hall–Kier alpha value is -0.930. The molecule has 3 nitrogen and oxygen atoms in total. The maximum absolute atomic E-state index is 13.2. The van der Waals surface area contributed by atoms with E-state index in [1.807, 2.05) is 0 Å². The summed E-state index contributed by atoms with van der Waals surface area (Å²) in [4.78, 5) is 13.2. The van der Waals surface area contributed by atoms with Crippen LogP contribution < -0.4 is 0 Å². The quantitative estimate of drug-likeness (QED) is 0.470. The molecule has 0 amide bonds. The van der Waals surface area contributed by atoms with Crippen molar-refractivity contribution in [3.63, 3.8) is 0 Å². The Labute approximate surface area is 176 Å². The number of hydrogen-bond donors (Lipinski definition) is 0. The number of hydrogen-bond acceptors (Lipinski definition) is 3. The predicted octanol–water partition coefficient (Wildman–Crippen LogP) is 5.99. The van der Waals surface area contributed by atoms with E-state index in [0.29, 0.717) is 17.6 Å². The second-order valence-electron chi connectivity index (χ2n) is 11.0. The van der Waals surface area contributed by atoms with E-state index in [1.165, 1.54) is 31.3 Å². The van der Waals surface area contributed by atoms with Gasteiger partial charge in [-0.2, -0.15) is 0 Å². The van der Waals surface area contributed by atoms with E-state index in [0.717, 1.165) is 51.7 Å². The van der Waals surface area contributed by atoms with E-state index < -0.39 is 0 Å². The van der Waals surface area contributed by atoms with Gasteiger partial charge in [-0.1, -0.05) is 44.6 Å². The highest BCUT2D eigenvalue weighted by Gasteiger charge is 2.61. The molecule has 1 saturated heterocycles. The Morgan fingerprint density at radius 1 is 0.966 bits per heavy atom. The molecule has 1 heterocycles. The lowest BCUT2D eigenvalue weighted by Gasteiger charge is -2.52. The van der Waals surface area contributed by atoms with Gasteiger partial charge in [0.2, 0.25) is 0 Å². The van der Waals surface area contributed by atoms with Crippen LogP contribution in [-0.2, 0) is 14.3 Å². The van der Waals surface area contributed by atoms with Crippen LogP contribution >= 0.6 is 0 Å². The van der Waals surface area contributed by atoms with Gasteiger partial charge in [-0.25, -0.2) is 0 Å². The first-order valence-electron chi connectivity index (χ1n) is 12.0. The van der Waals surface area contributed by atoms with Crippen LogP contribution in [0.2, 0.25) is 0 Å². The molecule has 0 aromatic carbocycles. The van der Waals surface area contributed by atoms with Gasteiger partial charge in [0.25, 0.3) is 0 Å². The number of Topliss-reactive ketones (excluding diaryl/α,β-unsaturated/α-hetero) is 1. The second kappa shape index (κ2) is 6.79. The van der Waals surface area contributed by atoms with E-state index in [-0.39, 0.29) is 22.0 Å². The predicted molar refractivity (Wildman–Crippen MR) is 114 cm³/mol. The highest BCUT2D eigenvalue weighted by atomic mass is 16.7. The molecule has 1 aliphatic heterocycles. The highest BCUT2D eigenvalue weighted by molar-refractivity contribution is 5.90. The summed E-state index contributed by atoms with van der Waals surface area (Å²) in [5.41, 5.74) is 1.50. The summed E-state index contributed by atoms with van der Waals surface area (Å²) < 4.78 is 12.6. The number of carbonyl (C=O) groups excluding carboxylic acids is 1. The second-order valence-corrected chi connectivity index (χ2v) is 11.0. The minimum atomic E-state index is -0.344. The van der Waals surface area contributed by atoms with Crippen LogP contribution in [0.4, 0.5) is 0 Å². The van der Waals surface area contributed by atoms with Crippen molar-refractivity contribution in [3.05, 3.63) is 23.8 Å². The van der Waals surface area contributed by atoms with Crippen molar-refractivity contribution >= 4 is 5.78 Å². The van der Waals surface area contributed by atoms with Crippen molar-refractivity contribution in [2.75, 3.05) is 13.2 Å². The maximum Gasteiger partial charge on any atom is 0.174 e. The lowest BCUT2D eigenvalue weighted by atomic mass is 9.52. The van der Waals surface area contributed by atoms with Gasteiger partial charge < -0.3 is 9.47 Å². The summed E-state index contributed by atoms with van der Waals surface area (Å²) >= 11 is 0. The van der Waals surface area contributed by atoms with Crippen molar-refractivity contribution in [1.29, 1.82) is 0 Å². The summed E-state index contributed by atoms with van der Waals surface area (Å²) in [6.07, 6.45) is 17.5. The third-order valence-corrected chi connectivity index (χ3v) is 10.0. The average molecular weight is 399 g/mol. The number of rotatable bonds is 0. The third kappa shape index (κ3) is 2.65. The zero-order valence-corrected chi connectivity index (χ0v) is 18.6. The molecule has 5 rings (SSSR count). The normalized spacial score (nSPS) is 45.2. The van der Waals surface area contributed by atoms with Crippen LogP contribution in [-0.4, -0.2) is 24.8 Å². The average Bonchev–Trinajstić information content (AvgIpc) is 3.43. The van der Waals surface area contributed by atoms with Gasteiger partial charge in [-0.15, -0.1) is 0 Å². The Bertz CT molecular complexity index is 735. The molecular weight excluding hydrogens is 360 g/mol. The molecule has 0 unspecified atom stereocenters. The molecule has 2 saturated carbocycles. The van der Waals surface area contributed by atoms with Crippen LogP contribution in [0.5, 0.6) is 0 Å². The zero-order chi connectivity index (χ0) is 20.3. The summed E-state index contributed by atoms with van der Waals surface area (Å²) in [6.45, 7) is 8.85. The van der Waals surface area contributed by atoms with Crippen LogP contribution in [0.25, 0.3) is 0 Å². The fourth-order valence-corrected chi connectivity index (χ4v) is 7.81. The lowest BCUT2D eigenvalue weighted by molar-refractivity contribution is -0.228. The number of ketones is 1. The molecule has 0 aromatic rings. The molecule has 3 heteroatoms. The summed E-state index contributed by atoms with van der Waals surface area (Å²) in [5.74, 6) is 1.36. The van der Waals surface area contributed by atoms with Crippen molar-refractivity contribution in [2.24, 2.45) is 28.1 Å². The Balaban J connectivity index is 1.52. The number of carbonyl (C=O) groups is 1. The Kier molecular flexibility index (Phi) is 4.68. The zero-order valence-electron chi connectivity index (χ0n) is 18.6.